The van der Waals surface area contributed by atoms with Crippen molar-refractivity contribution in [1.29, 1.82) is 0 Å². The lowest BCUT2D eigenvalue weighted by Gasteiger charge is -2.15. The number of hydrogen-bond donors (Lipinski definition) is 0. The smallest absolute Gasteiger partial charge is 0.264 e. The van der Waals surface area contributed by atoms with Gasteiger partial charge in [-0.15, -0.1) is 11.3 Å². The number of fused-ring (bicyclic) bond motifs is 1. The van der Waals surface area contributed by atoms with Crippen molar-refractivity contribution in [2.45, 2.75) is 45.9 Å². The average Bonchev–Trinajstić information content (AvgIpc) is 3.45. The molecule has 0 saturated carbocycles. The second-order valence-corrected chi connectivity index (χ2v) is 9.10. The van der Waals surface area contributed by atoms with Crippen LogP contribution in [0.5, 0.6) is 5.75 Å². The highest BCUT2D eigenvalue weighted by Gasteiger charge is 2.18. The third kappa shape index (κ3) is 4.56. The molecule has 0 unspecified atom stereocenters. The maximum atomic E-state index is 12.8. The van der Waals surface area contributed by atoms with Gasteiger partial charge in [-0.25, -0.2) is 0 Å². The molecule has 0 radical (unpaired) electrons. The number of halogens is 1. The summed E-state index contributed by atoms with van der Waals surface area (Å²) in [5, 5.41) is 6.49. The SMILES string of the molecule is CCn1cc(Br)c(CN(C)C(=O)c2cc(COc3ccc4c(c3)CCC4)cs2)n1. The molecule has 3 aromatic rings. The Labute approximate surface area is 183 Å². The van der Waals surface area contributed by atoms with E-state index in [4.69, 9.17) is 4.74 Å². The second kappa shape index (κ2) is 8.71. The number of aryl methyl sites for hydroxylation is 3. The average molecular weight is 474 g/mol. The van der Waals surface area contributed by atoms with Gasteiger partial charge in [0.25, 0.3) is 5.91 Å². The van der Waals surface area contributed by atoms with Crippen molar-refractivity contribution in [2.24, 2.45) is 0 Å². The number of benzene rings is 1. The fourth-order valence-electron chi connectivity index (χ4n) is 3.56. The molecule has 0 saturated heterocycles. The molecule has 5 nitrogen and oxygen atoms in total. The molecule has 0 bridgehead atoms. The Morgan fingerprint density at radius 3 is 2.93 bits per heavy atom. The van der Waals surface area contributed by atoms with Gasteiger partial charge in [-0.2, -0.15) is 5.10 Å². The molecule has 1 aliphatic carbocycles. The summed E-state index contributed by atoms with van der Waals surface area (Å²) in [5.41, 5.74) is 4.73. The minimum atomic E-state index is -0.00303. The lowest BCUT2D eigenvalue weighted by atomic mass is 10.1. The van der Waals surface area contributed by atoms with Crippen LogP contribution in [0.3, 0.4) is 0 Å². The van der Waals surface area contributed by atoms with Crippen molar-refractivity contribution < 1.29 is 9.53 Å². The van der Waals surface area contributed by atoms with E-state index in [1.54, 1.807) is 11.9 Å². The van der Waals surface area contributed by atoms with Crippen molar-refractivity contribution >= 4 is 33.2 Å². The van der Waals surface area contributed by atoms with Crippen LogP contribution in [-0.4, -0.2) is 27.6 Å². The highest BCUT2D eigenvalue weighted by atomic mass is 79.9. The van der Waals surface area contributed by atoms with E-state index in [1.807, 2.05) is 35.3 Å². The first-order chi connectivity index (χ1) is 14.0. The fourth-order valence-corrected chi connectivity index (χ4v) is 4.89. The van der Waals surface area contributed by atoms with Crippen LogP contribution in [0.2, 0.25) is 0 Å². The summed E-state index contributed by atoms with van der Waals surface area (Å²) in [6, 6.07) is 8.30. The van der Waals surface area contributed by atoms with Crippen LogP contribution < -0.4 is 4.74 Å². The predicted molar refractivity (Wildman–Crippen MR) is 119 cm³/mol. The second-order valence-electron chi connectivity index (χ2n) is 7.33. The lowest BCUT2D eigenvalue weighted by Crippen LogP contribution is -2.25. The summed E-state index contributed by atoms with van der Waals surface area (Å²) in [5.74, 6) is 0.898. The Kier molecular flexibility index (Phi) is 6.06. The Balaban J connectivity index is 1.36. The van der Waals surface area contributed by atoms with E-state index in [1.165, 1.54) is 35.3 Å². The third-order valence-electron chi connectivity index (χ3n) is 5.18. The maximum absolute atomic E-state index is 12.8. The summed E-state index contributed by atoms with van der Waals surface area (Å²) < 4.78 is 8.74. The monoisotopic (exact) mass is 473 g/mol. The first-order valence-corrected chi connectivity index (χ1v) is 11.5. The van der Waals surface area contributed by atoms with E-state index < -0.39 is 0 Å². The van der Waals surface area contributed by atoms with Crippen LogP contribution in [0.25, 0.3) is 0 Å². The molecule has 4 rings (SSSR count). The zero-order valence-electron chi connectivity index (χ0n) is 16.7. The van der Waals surface area contributed by atoms with E-state index >= 15 is 0 Å². The fraction of sp³-hybridized carbons (Fsp3) is 0.364. The molecule has 0 fully saturated rings. The molecule has 29 heavy (non-hydrogen) atoms. The van der Waals surface area contributed by atoms with Crippen molar-refractivity contribution in [3.05, 3.63) is 67.6 Å². The minimum Gasteiger partial charge on any atom is -0.489 e. The summed E-state index contributed by atoms with van der Waals surface area (Å²) >= 11 is 4.98. The van der Waals surface area contributed by atoms with Gasteiger partial charge in [0.05, 0.1) is 21.6 Å². The number of hydrogen-bond acceptors (Lipinski definition) is 4. The van der Waals surface area contributed by atoms with E-state index in [0.717, 1.165) is 34.4 Å². The van der Waals surface area contributed by atoms with Crippen LogP contribution in [0.4, 0.5) is 0 Å². The molecule has 152 valence electrons. The Hall–Kier alpha value is -2.12. The number of aromatic nitrogens is 2. The quantitative estimate of drug-likeness (QED) is 0.481. The molecule has 2 heterocycles. The Bertz CT molecular complexity index is 1030. The summed E-state index contributed by atoms with van der Waals surface area (Å²) in [7, 11) is 1.81. The zero-order chi connectivity index (χ0) is 20.4. The molecule has 0 aliphatic heterocycles. The molecule has 0 atom stereocenters. The van der Waals surface area contributed by atoms with Gasteiger partial charge in [-0.1, -0.05) is 6.07 Å². The van der Waals surface area contributed by atoms with Gasteiger partial charge < -0.3 is 9.64 Å². The van der Waals surface area contributed by atoms with E-state index in [-0.39, 0.29) is 5.91 Å². The van der Waals surface area contributed by atoms with E-state index in [2.05, 4.69) is 33.2 Å². The molecule has 1 aliphatic rings. The van der Waals surface area contributed by atoms with Gasteiger partial charge in [0.15, 0.2) is 0 Å². The van der Waals surface area contributed by atoms with Crippen molar-refractivity contribution in [1.82, 2.24) is 14.7 Å². The molecule has 7 heteroatoms. The van der Waals surface area contributed by atoms with Gasteiger partial charge in [0.2, 0.25) is 0 Å². The number of amides is 1. The van der Waals surface area contributed by atoms with Gasteiger partial charge in [0.1, 0.15) is 12.4 Å². The number of carbonyl (C=O) groups is 1. The van der Waals surface area contributed by atoms with Crippen LogP contribution in [0.15, 0.2) is 40.3 Å². The predicted octanol–water partition coefficient (Wildman–Crippen LogP) is 5.07. The first-order valence-electron chi connectivity index (χ1n) is 9.82. The number of carbonyl (C=O) groups excluding carboxylic acids is 1. The van der Waals surface area contributed by atoms with Crippen molar-refractivity contribution in [3.8, 4) is 5.75 Å². The molecule has 0 spiro atoms. The first kappa shape index (κ1) is 20.2. The summed E-state index contributed by atoms with van der Waals surface area (Å²) in [4.78, 5) is 15.2. The van der Waals surface area contributed by atoms with Gasteiger partial charge >= 0.3 is 0 Å². The highest BCUT2D eigenvalue weighted by Crippen LogP contribution is 2.27. The van der Waals surface area contributed by atoms with Crippen LogP contribution in [0.1, 0.15) is 45.4 Å². The minimum absolute atomic E-state index is 0.00303. The normalized spacial score (nSPS) is 12.8. The zero-order valence-corrected chi connectivity index (χ0v) is 19.1. The van der Waals surface area contributed by atoms with Gasteiger partial charge in [-0.3, -0.25) is 9.48 Å². The van der Waals surface area contributed by atoms with Crippen molar-refractivity contribution in [2.75, 3.05) is 7.05 Å². The van der Waals surface area contributed by atoms with Gasteiger partial charge in [0, 0.05) is 25.4 Å². The lowest BCUT2D eigenvalue weighted by molar-refractivity contribution is 0.0787. The van der Waals surface area contributed by atoms with E-state index in [9.17, 15) is 4.79 Å². The number of ether oxygens (including phenoxy) is 1. The Morgan fingerprint density at radius 2 is 2.14 bits per heavy atom. The summed E-state index contributed by atoms with van der Waals surface area (Å²) in [6.07, 6.45) is 5.49. The molecule has 1 amide bonds. The summed E-state index contributed by atoms with van der Waals surface area (Å²) in [6.45, 7) is 3.77. The van der Waals surface area contributed by atoms with Crippen molar-refractivity contribution in [3.63, 3.8) is 0 Å². The van der Waals surface area contributed by atoms with E-state index in [0.29, 0.717) is 18.0 Å². The van der Waals surface area contributed by atoms with Crippen LogP contribution >= 0.6 is 27.3 Å². The Morgan fingerprint density at radius 1 is 1.31 bits per heavy atom. The molecular formula is C22H24BrN3O2S. The molecule has 0 N–H and O–H groups in total. The van der Waals surface area contributed by atoms with Gasteiger partial charge in [-0.05, 0) is 76.8 Å². The highest BCUT2D eigenvalue weighted by molar-refractivity contribution is 9.10. The topological polar surface area (TPSA) is 47.4 Å². The maximum Gasteiger partial charge on any atom is 0.264 e. The molecular weight excluding hydrogens is 450 g/mol. The number of thiophene rings is 1. The third-order valence-corrected chi connectivity index (χ3v) is 6.81. The molecule has 1 aromatic carbocycles. The number of rotatable bonds is 7. The molecule has 2 aromatic heterocycles. The van der Waals surface area contributed by atoms with Crippen LogP contribution in [0, 0.1) is 0 Å². The van der Waals surface area contributed by atoms with Crippen LogP contribution in [-0.2, 0) is 32.5 Å². The largest absolute Gasteiger partial charge is 0.489 e. The standard InChI is InChI=1S/C22H24BrN3O2S/c1-3-26-11-19(23)20(24-26)12-25(2)22(27)21-9-15(14-29-21)13-28-18-8-7-16-5-4-6-17(16)10-18/h7-11,14H,3-6,12-13H2,1-2H3. The number of nitrogens with zero attached hydrogens (tertiary/aromatic N) is 3.